The van der Waals surface area contributed by atoms with E-state index in [0.717, 1.165) is 0 Å². The molecular weight excluding hydrogens is 165 g/mol. The third-order valence-corrected chi connectivity index (χ3v) is 7.68. The summed E-state index contributed by atoms with van der Waals surface area (Å²) < 4.78 is 21.0. The van der Waals surface area contributed by atoms with Gasteiger partial charge in [0.15, 0.2) is 9.47 Å². The Kier molecular flexibility index (Phi) is 4.96. The Balaban J connectivity index is 0. The Labute approximate surface area is 79.0 Å². The molecule has 0 amide bonds. The molecule has 0 unspecified atom stereocenters. The molecule has 6 heteroatoms. The second-order valence-electron chi connectivity index (χ2n) is 2.66. The molecule has 0 aliphatic carbocycles. The van der Waals surface area contributed by atoms with Gasteiger partial charge in [-0.1, -0.05) is 19.6 Å². The zero-order chi connectivity index (χ0) is 7.00. The van der Waals surface area contributed by atoms with Crippen LogP contribution in [-0.4, -0.2) is 45.2 Å². The Morgan fingerprint density at radius 2 is 1.33 bits per heavy atom. The molecule has 0 spiro atoms. The molecule has 3 nitrogen and oxygen atoms in total. The van der Waals surface area contributed by atoms with E-state index >= 15 is 0 Å². The van der Waals surface area contributed by atoms with Crippen LogP contribution in [0.5, 0.6) is 0 Å². The maximum Gasteiger partial charge on any atom is 0.205 e. The van der Waals surface area contributed by atoms with E-state index in [4.69, 9.17) is 5.14 Å². The summed E-state index contributed by atoms with van der Waals surface area (Å²) in [5.74, 6) is 0. The van der Waals surface area contributed by atoms with Crippen molar-refractivity contribution in [2.24, 2.45) is 5.14 Å². The van der Waals surface area contributed by atoms with Gasteiger partial charge in [-0.15, -0.1) is 0 Å². The van der Waals surface area contributed by atoms with Crippen molar-refractivity contribution < 1.29 is 8.42 Å². The van der Waals surface area contributed by atoms with Crippen molar-refractivity contribution in [2.45, 2.75) is 19.6 Å². The zero-order valence-electron chi connectivity index (χ0n) is 6.30. The van der Waals surface area contributed by atoms with Crippen LogP contribution >= 0.6 is 0 Å². The standard InChI is InChI=1S/C3H11NO2SSi.Na/c1-8(2,3)7(4,5)6;/h1-3H3,(H2,4,5,6);. The molecular formula is C3H11NNaO2SSi. The first-order valence-corrected chi connectivity index (χ1v) is 8.04. The van der Waals surface area contributed by atoms with Crippen LogP contribution in [-0.2, 0) is 9.47 Å². The largest absolute Gasteiger partial charge is 0.235 e. The van der Waals surface area contributed by atoms with Crippen LogP contribution in [0, 0.1) is 0 Å². The third kappa shape index (κ3) is 4.52. The Morgan fingerprint density at radius 1 is 1.22 bits per heavy atom. The van der Waals surface area contributed by atoms with Crippen LogP contribution in [0.25, 0.3) is 0 Å². The van der Waals surface area contributed by atoms with Crippen LogP contribution < -0.4 is 5.14 Å². The molecule has 0 aliphatic heterocycles. The first kappa shape index (κ1) is 12.8. The molecule has 0 atom stereocenters. The molecule has 0 saturated heterocycles. The minimum atomic E-state index is -3.20. The minimum absolute atomic E-state index is 0. The summed E-state index contributed by atoms with van der Waals surface area (Å²) in [6, 6.07) is 0. The van der Waals surface area contributed by atoms with Gasteiger partial charge in [-0.3, -0.25) is 0 Å². The molecule has 0 bridgehead atoms. The van der Waals surface area contributed by atoms with E-state index in [2.05, 4.69) is 0 Å². The van der Waals surface area contributed by atoms with Crippen molar-refractivity contribution in [1.82, 2.24) is 0 Å². The maximum absolute atomic E-state index is 10.5. The van der Waals surface area contributed by atoms with Gasteiger partial charge < -0.3 is 0 Å². The molecule has 0 rings (SSSR count). The van der Waals surface area contributed by atoms with Crippen LogP contribution in [0.4, 0.5) is 0 Å². The zero-order valence-corrected chi connectivity index (χ0v) is 10.1. The molecule has 51 valence electrons. The first-order valence-electron chi connectivity index (χ1n) is 2.27. The summed E-state index contributed by atoms with van der Waals surface area (Å²) in [7, 11) is -5.31. The summed E-state index contributed by atoms with van der Waals surface area (Å²) in [6.45, 7) is 5.09. The van der Waals surface area contributed by atoms with Crippen LogP contribution in [0.3, 0.4) is 0 Å². The molecule has 1 radical (unpaired) electrons. The fourth-order valence-electron chi connectivity index (χ4n) is 0. The second-order valence-corrected chi connectivity index (χ2v) is 13.4. The topological polar surface area (TPSA) is 60.2 Å². The monoisotopic (exact) mass is 176 g/mol. The predicted molar refractivity (Wildman–Crippen MR) is 42.2 cm³/mol. The summed E-state index contributed by atoms with van der Waals surface area (Å²) in [5, 5.41) is 4.85. The van der Waals surface area contributed by atoms with Gasteiger partial charge in [-0.05, 0) is 0 Å². The van der Waals surface area contributed by atoms with Gasteiger partial charge in [0.05, 0.1) is 0 Å². The normalized spacial score (nSPS) is 12.4. The van der Waals surface area contributed by atoms with Crippen molar-refractivity contribution in [3.63, 3.8) is 0 Å². The minimum Gasteiger partial charge on any atom is -0.235 e. The number of rotatable bonds is 1. The van der Waals surface area contributed by atoms with Gasteiger partial charge in [0.2, 0.25) is 7.22 Å². The molecule has 0 saturated carbocycles. The average Bonchev–Trinajstić information content (AvgIpc) is 1.25. The molecule has 0 fully saturated rings. The first-order chi connectivity index (χ1) is 3.25. The van der Waals surface area contributed by atoms with Crippen molar-refractivity contribution >= 4 is 46.3 Å². The van der Waals surface area contributed by atoms with Crippen molar-refractivity contribution in [3.05, 3.63) is 0 Å². The van der Waals surface area contributed by atoms with Gasteiger partial charge in [0, 0.05) is 29.6 Å². The van der Waals surface area contributed by atoms with Crippen molar-refractivity contribution in [2.75, 3.05) is 0 Å². The molecule has 2 N–H and O–H groups in total. The van der Waals surface area contributed by atoms with E-state index in [0.29, 0.717) is 0 Å². The van der Waals surface area contributed by atoms with Gasteiger partial charge >= 0.3 is 0 Å². The molecule has 0 aromatic rings. The quantitative estimate of drug-likeness (QED) is 0.559. The van der Waals surface area contributed by atoms with Crippen molar-refractivity contribution in [1.29, 1.82) is 0 Å². The fraction of sp³-hybridized carbons (Fsp3) is 1.00. The maximum atomic E-state index is 10.5. The number of hydrogen-bond donors (Lipinski definition) is 1. The van der Waals surface area contributed by atoms with Gasteiger partial charge in [0.25, 0.3) is 0 Å². The Bertz CT molecular complexity index is 171. The second kappa shape index (κ2) is 3.50. The molecule has 0 aromatic carbocycles. The molecule has 9 heavy (non-hydrogen) atoms. The van der Waals surface area contributed by atoms with E-state index in [1.807, 2.05) is 0 Å². The smallest absolute Gasteiger partial charge is 0.205 e. The summed E-state index contributed by atoms with van der Waals surface area (Å²) in [4.78, 5) is 0. The van der Waals surface area contributed by atoms with E-state index < -0.39 is 16.7 Å². The molecule has 0 aromatic heterocycles. The molecule has 0 heterocycles. The van der Waals surface area contributed by atoms with Gasteiger partial charge in [0.1, 0.15) is 0 Å². The SMILES string of the molecule is C[Si](C)(C)S(N)(=O)=O.[Na]. The van der Waals surface area contributed by atoms with Gasteiger partial charge in [-0.25, -0.2) is 13.6 Å². The van der Waals surface area contributed by atoms with Gasteiger partial charge in [-0.2, -0.15) is 0 Å². The fourth-order valence-corrected chi connectivity index (χ4v) is 0. The van der Waals surface area contributed by atoms with E-state index in [1.165, 1.54) is 0 Å². The third-order valence-electron chi connectivity index (χ3n) is 0.854. The number of hydrogen-bond acceptors (Lipinski definition) is 2. The number of nitrogens with two attached hydrogens (primary N) is 1. The average molecular weight is 176 g/mol. The Morgan fingerprint density at radius 3 is 1.33 bits per heavy atom. The van der Waals surface area contributed by atoms with Crippen LogP contribution in [0.1, 0.15) is 0 Å². The summed E-state index contributed by atoms with van der Waals surface area (Å²) in [5.41, 5.74) is 0. The summed E-state index contributed by atoms with van der Waals surface area (Å²) >= 11 is 0. The van der Waals surface area contributed by atoms with Crippen LogP contribution in [0.2, 0.25) is 19.6 Å². The summed E-state index contributed by atoms with van der Waals surface area (Å²) in [6.07, 6.45) is 0. The van der Waals surface area contributed by atoms with E-state index in [-0.39, 0.29) is 29.6 Å². The predicted octanol–water partition coefficient (Wildman–Crippen LogP) is -0.271. The Hall–Kier alpha value is 1.13. The van der Waals surface area contributed by atoms with E-state index in [1.54, 1.807) is 19.6 Å². The van der Waals surface area contributed by atoms with E-state index in [9.17, 15) is 8.42 Å². The van der Waals surface area contributed by atoms with Crippen molar-refractivity contribution in [3.8, 4) is 0 Å². The molecule has 0 aliphatic rings. The van der Waals surface area contributed by atoms with Crippen LogP contribution in [0.15, 0.2) is 0 Å².